The number of hydrogen-bond acceptors (Lipinski definition) is 3. The van der Waals surface area contributed by atoms with E-state index < -0.39 is 11.4 Å². The number of nitrogens with zero attached hydrogens (tertiary/aromatic N) is 2. The van der Waals surface area contributed by atoms with Crippen LogP contribution in [0.25, 0.3) is 11.0 Å². The zero-order valence-electron chi connectivity index (χ0n) is 9.48. The Labute approximate surface area is 107 Å². The quantitative estimate of drug-likeness (QED) is 0.565. The summed E-state index contributed by atoms with van der Waals surface area (Å²) in [5.41, 5.74) is 8.02. The molecule has 0 saturated heterocycles. The van der Waals surface area contributed by atoms with E-state index in [0.717, 1.165) is 11.0 Å². The lowest BCUT2D eigenvalue weighted by Gasteiger charge is -2.11. The molecule has 0 fully saturated rings. The molecule has 0 aliphatic heterocycles. The number of fused-ring (bicyclic) bond motifs is 1. The van der Waals surface area contributed by atoms with Gasteiger partial charge in [-0.1, -0.05) is 24.3 Å². The average Bonchev–Trinajstić information content (AvgIpc) is 2.82. The molecule has 3 aromatic rings. The first kappa shape index (κ1) is 11.1. The highest BCUT2D eigenvalue weighted by Crippen LogP contribution is 2.23. The van der Waals surface area contributed by atoms with Crippen LogP contribution in [0.3, 0.4) is 0 Å². The van der Waals surface area contributed by atoms with Crippen molar-refractivity contribution >= 4 is 28.1 Å². The fourth-order valence-electron chi connectivity index (χ4n) is 1.81. The first-order valence-electron chi connectivity index (χ1n) is 5.46. The topological polar surface area (TPSA) is 66.9 Å². The molecule has 0 saturated carbocycles. The van der Waals surface area contributed by atoms with Crippen molar-refractivity contribution < 1.29 is 4.55 Å². The summed E-state index contributed by atoms with van der Waals surface area (Å²) in [6.45, 7) is 0. The van der Waals surface area contributed by atoms with Crippen molar-refractivity contribution in [2.75, 3.05) is 5.73 Å². The molecule has 0 amide bonds. The molecule has 3 rings (SSSR count). The molecule has 2 aromatic carbocycles. The lowest BCUT2D eigenvalue weighted by Crippen LogP contribution is -2.13. The van der Waals surface area contributed by atoms with Crippen LogP contribution in [0.5, 0.6) is 0 Å². The van der Waals surface area contributed by atoms with Crippen molar-refractivity contribution in [1.82, 2.24) is 8.96 Å². The standard InChI is InChI=1S/C13H11N3OS/c14-10-5-1-4-8-13(10)18(17)16-9-15-11-6-2-3-7-12(11)16/h1-9H,14H2. The molecule has 0 spiro atoms. The van der Waals surface area contributed by atoms with Crippen LogP contribution in [0.4, 0.5) is 5.69 Å². The maximum atomic E-state index is 12.5. The van der Waals surface area contributed by atoms with Gasteiger partial charge in [-0.3, -0.25) is 0 Å². The van der Waals surface area contributed by atoms with Gasteiger partial charge in [0.05, 0.1) is 11.2 Å². The number of benzene rings is 2. The monoisotopic (exact) mass is 257 g/mol. The fraction of sp³-hybridized carbons (Fsp3) is 0. The molecule has 18 heavy (non-hydrogen) atoms. The predicted octanol–water partition coefficient (Wildman–Crippen LogP) is 2.19. The maximum absolute atomic E-state index is 12.5. The Bertz CT molecular complexity index is 695. The molecule has 1 atom stereocenters. The Hall–Kier alpha value is -1.98. The third kappa shape index (κ3) is 1.73. The molecule has 4 nitrogen and oxygen atoms in total. The van der Waals surface area contributed by atoms with Crippen LogP contribution >= 0.6 is 0 Å². The van der Waals surface area contributed by atoms with Crippen LogP contribution < -0.4 is 5.73 Å². The third-order valence-corrected chi connectivity index (χ3v) is 4.10. The Kier molecular flexibility index (Phi) is 2.70. The Morgan fingerprint density at radius 2 is 1.78 bits per heavy atom. The largest absolute Gasteiger partial charge is 0.587 e. The molecule has 1 heterocycles. The molecule has 0 bridgehead atoms. The molecule has 1 aromatic heterocycles. The van der Waals surface area contributed by atoms with Gasteiger partial charge in [0.2, 0.25) is 4.90 Å². The van der Waals surface area contributed by atoms with E-state index in [1.807, 2.05) is 36.4 Å². The lowest BCUT2D eigenvalue weighted by molar-refractivity contribution is 0.588. The van der Waals surface area contributed by atoms with E-state index in [-0.39, 0.29) is 0 Å². The van der Waals surface area contributed by atoms with Crippen molar-refractivity contribution in [3.63, 3.8) is 0 Å². The van der Waals surface area contributed by atoms with Gasteiger partial charge < -0.3 is 10.3 Å². The van der Waals surface area contributed by atoms with Gasteiger partial charge in [-0.25, -0.2) is 4.98 Å². The fourth-order valence-corrected chi connectivity index (χ4v) is 2.96. The number of aromatic nitrogens is 2. The highest BCUT2D eigenvalue weighted by molar-refractivity contribution is 7.90. The van der Waals surface area contributed by atoms with Crippen LogP contribution in [-0.2, 0) is 11.4 Å². The van der Waals surface area contributed by atoms with E-state index in [0.29, 0.717) is 10.6 Å². The summed E-state index contributed by atoms with van der Waals surface area (Å²) in [7, 11) is 0. The second-order valence-corrected chi connectivity index (χ2v) is 5.18. The smallest absolute Gasteiger partial charge is 0.203 e. The van der Waals surface area contributed by atoms with E-state index in [9.17, 15) is 4.55 Å². The Morgan fingerprint density at radius 1 is 1.06 bits per heavy atom. The molecule has 5 heteroatoms. The van der Waals surface area contributed by atoms with Crippen LogP contribution in [0.1, 0.15) is 0 Å². The van der Waals surface area contributed by atoms with Crippen molar-refractivity contribution in [2.24, 2.45) is 0 Å². The average molecular weight is 257 g/mol. The van der Waals surface area contributed by atoms with Crippen LogP contribution in [0.15, 0.2) is 59.8 Å². The SMILES string of the molecule is Nc1ccccc1[S+]([O-])n1cnc2ccccc21. The second kappa shape index (κ2) is 4.36. The minimum absolute atomic E-state index is 0.522. The van der Waals surface area contributed by atoms with Crippen molar-refractivity contribution in [1.29, 1.82) is 0 Å². The van der Waals surface area contributed by atoms with Gasteiger partial charge in [-0.2, -0.15) is 0 Å². The Morgan fingerprint density at radius 3 is 2.61 bits per heavy atom. The summed E-state index contributed by atoms with van der Waals surface area (Å²) in [4.78, 5) is 4.82. The second-order valence-electron chi connectivity index (χ2n) is 3.85. The summed E-state index contributed by atoms with van der Waals surface area (Å²) in [5.74, 6) is 0. The number of nitrogen functional groups attached to an aromatic ring is 1. The number of nitrogens with two attached hydrogens (primary N) is 1. The minimum atomic E-state index is -1.37. The van der Waals surface area contributed by atoms with Gasteiger partial charge in [0.25, 0.3) is 0 Å². The first-order valence-corrected chi connectivity index (χ1v) is 6.57. The predicted molar refractivity (Wildman–Crippen MR) is 72.4 cm³/mol. The van der Waals surface area contributed by atoms with Gasteiger partial charge in [-0.15, -0.1) is 3.97 Å². The lowest BCUT2D eigenvalue weighted by atomic mass is 10.3. The van der Waals surface area contributed by atoms with Crippen molar-refractivity contribution in [2.45, 2.75) is 4.90 Å². The number of rotatable bonds is 2. The molecule has 2 N–H and O–H groups in total. The number of hydrogen-bond donors (Lipinski definition) is 1. The highest BCUT2D eigenvalue weighted by Gasteiger charge is 2.19. The van der Waals surface area contributed by atoms with Gasteiger partial charge in [0, 0.05) is 0 Å². The van der Waals surface area contributed by atoms with Crippen LogP contribution in [-0.4, -0.2) is 13.5 Å². The first-order chi connectivity index (χ1) is 8.77. The molecule has 1 unspecified atom stereocenters. The maximum Gasteiger partial charge on any atom is 0.203 e. The van der Waals surface area contributed by atoms with E-state index in [4.69, 9.17) is 5.73 Å². The normalized spacial score (nSPS) is 12.7. The van der Waals surface area contributed by atoms with Gasteiger partial charge in [-0.05, 0) is 24.3 Å². The molecule has 90 valence electrons. The van der Waals surface area contributed by atoms with E-state index in [1.54, 1.807) is 22.4 Å². The summed E-state index contributed by atoms with van der Waals surface area (Å²) in [5, 5.41) is 0. The molecular weight excluding hydrogens is 246 g/mol. The van der Waals surface area contributed by atoms with Gasteiger partial charge in [0.1, 0.15) is 23.2 Å². The van der Waals surface area contributed by atoms with Crippen molar-refractivity contribution in [3.8, 4) is 0 Å². The van der Waals surface area contributed by atoms with E-state index in [1.165, 1.54) is 0 Å². The highest BCUT2D eigenvalue weighted by atomic mass is 32.2. The van der Waals surface area contributed by atoms with Gasteiger partial charge in [0.15, 0.2) is 0 Å². The number of para-hydroxylation sites is 3. The van der Waals surface area contributed by atoms with Crippen molar-refractivity contribution in [3.05, 3.63) is 54.9 Å². The zero-order valence-corrected chi connectivity index (χ0v) is 10.3. The summed E-state index contributed by atoms with van der Waals surface area (Å²) in [6.07, 6.45) is 1.58. The molecule has 0 aliphatic rings. The molecular formula is C13H11N3OS. The molecule has 0 aliphatic carbocycles. The Balaban J connectivity index is 2.13. The summed E-state index contributed by atoms with van der Waals surface area (Å²) < 4.78 is 14.1. The zero-order chi connectivity index (χ0) is 12.5. The van der Waals surface area contributed by atoms with Gasteiger partial charge >= 0.3 is 0 Å². The van der Waals surface area contributed by atoms with Crippen LogP contribution in [0.2, 0.25) is 0 Å². The van der Waals surface area contributed by atoms with Crippen LogP contribution in [0, 0.1) is 0 Å². The summed E-state index contributed by atoms with van der Waals surface area (Å²) in [6, 6.07) is 14.7. The number of imidazole rings is 1. The molecule has 0 radical (unpaired) electrons. The number of anilines is 1. The summed E-state index contributed by atoms with van der Waals surface area (Å²) >= 11 is -1.37. The third-order valence-electron chi connectivity index (χ3n) is 2.71. The van der Waals surface area contributed by atoms with E-state index >= 15 is 0 Å². The van der Waals surface area contributed by atoms with E-state index in [2.05, 4.69) is 4.98 Å². The minimum Gasteiger partial charge on any atom is -0.587 e.